The van der Waals surface area contributed by atoms with Gasteiger partial charge < -0.3 is 10.1 Å². The first-order valence-corrected chi connectivity index (χ1v) is 6.11. The molecular weight excluding hydrogens is 272 g/mol. The number of fused-ring (bicyclic) bond motifs is 3. The number of imidazole rings is 1. The Balaban J connectivity index is 2.06. The lowest BCUT2D eigenvalue weighted by atomic mass is 10.1. The first-order chi connectivity index (χ1) is 10.3. The van der Waals surface area contributed by atoms with Crippen molar-refractivity contribution < 1.29 is 9.90 Å². The highest BCUT2D eigenvalue weighted by atomic mass is 16.4. The molecule has 0 saturated carbocycles. The summed E-state index contributed by atoms with van der Waals surface area (Å²) in [6, 6.07) is 6.64. The number of hydrogen-bond donors (Lipinski definition) is 2. The Hall–Kier alpha value is -3.29. The smallest absolute Gasteiger partial charge is 0.336 e. The molecule has 8 heteroatoms. The summed E-state index contributed by atoms with van der Waals surface area (Å²) in [5, 5.41) is 17.5. The van der Waals surface area contributed by atoms with Crippen molar-refractivity contribution >= 4 is 22.8 Å². The van der Waals surface area contributed by atoms with Gasteiger partial charge in [-0.25, -0.2) is 14.8 Å². The number of nitrogens with one attached hydrogen (secondary N) is 1. The molecule has 8 nitrogen and oxygen atoms in total. The van der Waals surface area contributed by atoms with Crippen molar-refractivity contribution in [3.63, 3.8) is 0 Å². The van der Waals surface area contributed by atoms with E-state index in [2.05, 4.69) is 25.1 Å². The molecule has 4 rings (SSSR count). The minimum Gasteiger partial charge on any atom is -0.478 e. The predicted octanol–water partition coefficient (Wildman–Crippen LogP) is 1.37. The van der Waals surface area contributed by atoms with Gasteiger partial charge in [-0.05, 0) is 6.07 Å². The van der Waals surface area contributed by atoms with Crippen LogP contribution in [0.1, 0.15) is 10.4 Å². The van der Waals surface area contributed by atoms with E-state index in [9.17, 15) is 9.90 Å². The first kappa shape index (κ1) is 11.5. The number of aromatic nitrogens is 6. The highest BCUT2D eigenvalue weighted by Gasteiger charge is 2.17. The monoisotopic (exact) mass is 280 g/mol. The molecule has 0 spiro atoms. The zero-order valence-corrected chi connectivity index (χ0v) is 10.6. The quantitative estimate of drug-likeness (QED) is 0.574. The van der Waals surface area contributed by atoms with Gasteiger partial charge in [-0.15, -0.1) is 10.2 Å². The molecule has 1 aromatic carbocycles. The minimum absolute atomic E-state index is 0.163. The van der Waals surface area contributed by atoms with Crippen LogP contribution in [0.4, 0.5) is 0 Å². The minimum atomic E-state index is -1.02. The number of carbonyl (C=O) groups is 1. The van der Waals surface area contributed by atoms with E-state index >= 15 is 0 Å². The SMILES string of the molecule is O=C(O)c1ccccc1-c1nnc2c3[nH]cnc3ncn12. The fraction of sp³-hybridized carbons (Fsp3) is 0. The van der Waals surface area contributed by atoms with Crippen molar-refractivity contribution in [3.05, 3.63) is 42.5 Å². The van der Waals surface area contributed by atoms with Crippen LogP contribution in [0.25, 0.3) is 28.2 Å². The predicted molar refractivity (Wildman–Crippen MR) is 72.8 cm³/mol. The number of H-pyrrole nitrogens is 1. The third-order valence-corrected chi connectivity index (χ3v) is 3.23. The molecule has 0 fully saturated rings. The van der Waals surface area contributed by atoms with Crippen LogP contribution in [0.5, 0.6) is 0 Å². The molecule has 0 atom stereocenters. The number of nitrogens with zero attached hydrogens (tertiary/aromatic N) is 5. The average Bonchev–Trinajstić information content (AvgIpc) is 3.12. The molecule has 4 aromatic rings. The highest BCUT2D eigenvalue weighted by molar-refractivity contribution is 5.95. The molecule has 0 amide bonds. The summed E-state index contributed by atoms with van der Waals surface area (Å²) in [6.07, 6.45) is 3.06. The van der Waals surface area contributed by atoms with Gasteiger partial charge in [0.05, 0.1) is 11.9 Å². The summed E-state index contributed by atoms with van der Waals surface area (Å²) < 4.78 is 1.64. The number of carboxylic acids is 1. The van der Waals surface area contributed by atoms with Crippen molar-refractivity contribution in [1.82, 2.24) is 29.5 Å². The summed E-state index contributed by atoms with van der Waals surface area (Å²) in [4.78, 5) is 22.5. The highest BCUT2D eigenvalue weighted by Crippen LogP contribution is 2.24. The molecule has 3 aromatic heterocycles. The molecule has 0 aliphatic carbocycles. The Kier molecular flexibility index (Phi) is 2.25. The summed E-state index contributed by atoms with van der Waals surface area (Å²) >= 11 is 0. The lowest BCUT2D eigenvalue weighted by Crippen LogP contribution is -2.01. The van der Waals surface area contributed by atoms with Gasteiger partial charge in [0.15, 0.2) is 17.1 Å². The van der Waals surface area contributed by atoms with Crippen LogP contribution in [0.15, 0.2) is 36.9 Å². The number of aromatic carboxylic acids is 1. The summed E-state index contributed by atoms with van der Waals surface area (Å²) in [5.41, 5.74) is 2.39. The van der Waals surface area contributed by atoms with Crippen LogP contribution in [0, 0.1) is 0 Å². The fourth-order valence-corrected chi connectivity index (χ4v) is 2.28. The molecule has 0 unspecified atom stereocenters. The number of aromatic amines is 1. The Labute approximate surface area is 117 Å². The Morgan fingerprint density at radius 2 is 2.05 bits per heavy atom. The topological polar surface area (TPSA) is 109 Å². The van der Waals surface area contributed by atoms with Crippen LogP contribution >= 0.6 is 0 Å². The zero-order chi connectivity index (χ0) is 14.4. The Bertz CT molecular complexity index is 987. The van der Waals surface area contributed by atoms with E-state index in [1.54, 1.807) is 22.6 Å². The van der Waals surface area contributed by atoms with E-state index < -0.39 is 5.97 Å². The summed E-state index contributed by atoms with van der Waals surface area (Å²) in [5.74, 6) is -0.593. The Morgan fingerprint density at radius 1 is 1.19 bits per heavy atom. The van der Waals surface area contributed by atoms with E-state index in [-0.39, 0.29) is 5.56 Å². The van der Waals surface area contributed by atoms with Crippen LogP contribution in [0.3, 0.4) is 0 Å². The van der Waals surface area contributed by atoms with Crippen molar-refractivity contribution in [2.24, 2.45) is 0 Å². The number of carboxylic acid groups (broad SMARTS) is 1. The number of hydrogen-bond acceptors (Lipinski definition) is 5. The van der Waals surface area contributed by atoms with Gasteiger partial charge in [0.1, 0.15) is 11.8 Å². The van der Waals surface area contributed by atoms with E-state index in [4.69, 9.17) is 0 Å². The second kappa shape index (κ2) is 4.10. The van der Waals surface area contributed by atoms with Crippen molar-refractivity contribution in [2.45, 2.75) is 0 Å². The maximum absolute atomic E-state index is 11.3. The molecule has 0 saturated heterocycles. The van der Waals surface area contributed by atoms with Crippen LogP contribution in [-0.4, -0.2) is 40.6 Å². The molecule has 0 aliphatic rings. The molecule has 21 heavy (non-hydrogen) atoms. The summed E-state index contributed by atoms with van der Waals surface area (Å²) in [6.45, 7) is 0. The van der Waals surface area contributed by atoms with Gasteiger partial charge >= 0.3 is 5.97 Å². The lowest BCUT2D eigenvalue weighted by molar-refractivity contribution is 0.0697. The third-order valence-electron chi connectivity index (χ3n) is 3.23. The standard InChI is InChI=1S/C13H8N6O2/c20-13(21)8-4-2-1-3-7(8)11-17-18-12-9-10(15-5-14-9)16-6-19(11)12/h1-6H,(H,14,15)(H,20,21). The molecular formula is C13H8N6O2. The van der Waals surface area contributed by atoms with E-state index in [0.29, 0.717) is 28.2 Å². The van der Waals surface area contributed by atoms with Crippen molar-refractivity contribution in [1.29, 1.82) is 0 Å². The fourth-order valence-electron chi connectivity index (χ4n) is 2.28. The molecule has 102 valence electrons. The second-order valence-corrected chi connectivity index (χ2v) is 4.41. The normalized spacial score (nSPS) is 11.2. The van der Waals surface area contributed by atoms with Gasteiger partial charge in [0.25, 0.3) is 0 Å². The summed E-state index contributed by atoms with van der Waals surface area (Å²) in [7, 11) is 0. The van der Waals surface area contributed by atoms with E-state index in [1.807, 2.05) is 0 Å². The van der Waals surface area contributed by atoms with Crippen molar-refractivity contribution in [2.75, 3.05) is 0 Å². The first-order valence-electron chi connectivity index (χ1n) is 6.11. The number of rotatable bonds is 2. The van der Waals surface area contributed by atoms with Gasteiger partial charge in [-0.1, -0.05) is 18.2 Å². The van der Waals surface area contributed by atoms with Crippen LogP contribution < -0.4 is 0 Å². The molecule has 3 heterocycles. The molecule has 0 bridgehead atoms. The van der Waals surface area contributed by atoms with E-state index in [1.165, 1.54) is 18.7 Å². The van der Waals surface area contributed by atoms with Gasteiger partial charge in [0.2, 0.25) is 0 Å². The Morgan fingerprint density at radius 3 is 2.90 bits per heavy atom. The van der Waals surface area contributed by atoms with Crippen molar-refractivity contribution in [3.8, 4) is 11.4 Å². The lowest BCUT2D eigenvalue weighted by Gasteiger charge is -2.03. The van der Waals surface area contributed by atoms with Gasteiger partial charge in [0, 0.05) is 5.56 Å². The van der Waals surface area contributed by atoms with Crippen LogP contribution in [0.2, 0.25) is 0 Å². The van der Waals surface area contributed by atoms with Gasteiger partial charge in [-0.3, -0.25) is 4.40 Å². The average molecular weight is 280 g/mol. The van der Waals surface area contributed by atoms with Gasteiger partial charge in [-0.2, -0.15) is 0 Å². The zero-order valence-electron chi connectivity index (χ0n) is 10.6. The maximum Gasteiger partial charge on any atom is 0.336 e. The van der Waals surface area contributed by atoms with Crippen LogP contribution in [-0.2, 0) is 0 Å². The van der Waals surface area contributed by atoms with E-state index in [0.717, 1.165) is 0 Å². The second-order valence-electron chi connectivity index (χ2n) is 4.41. The molecule has 0 radical (unpaired) electrons. The number of benzene rings is 1. The molecule has 2 N–H and O–H groups in total. The third kappa shape index (κ3) is 1.59. The molecule has 0 aliphatic heterocycles. The maximum atomic E-state index is 11.3. The largest absolute Gasteiger partial charge is 0.478 e.